The first-order chi connectivity index (χ1) is 10.8. The summed E-state index contributed by atoms with van der Waals surface area (Å²) in [5.74, 6) is 0. The summed E-state index contributed by atoms with van der Waals surface area (Å²) in [6.45, 7) is 0. The molecule has 5 nitrogen and oxygen atoms in total. The van der Waals surface area contributed by atoms with E-state index in [1.165, 1.54) is 24.7 Å². The Balaban J connectivity index is 0.000000160. The van der Waals surface area contributed by atoms with Gasteiger partial charge in [-0.3, -0.25) is 9.59 Å². The van der Waals surface area contributed by atoms with Gasteiger partial charge in [-0.25, -0.2) is 0 Å². The second-order valence-electron chi connectivity index (χ2n) is 4.56. The van der Waals surface area contributed by atoms with Crippen LogP contribution in [0.4, 0.5) is 0 Å². The molecule has 0 unspecified atom stereocenters. The second-order valence-corrected chi connectivity index (χ2v) is 4.56. The van der Waals surface area contributed by atoms with Crippen LogP contribution in [-0.4, -0.2) is 5.48 Å². The zero-order chi connectivity index (χ0) is 15.4. The van der Waals surface area contributed by atoms with Gasteiger partial charge in [0.2, 0.25) is 0 Å². The molecule has 2 N–H and O–H groups in total. The van der Waals surface area contributed by atoms with E-state index in [-0.39, 0.29) is 16.3 Å². The Kier molecular flexibility index (Phi) is 5.07. The summed E-state index contributed by atoms with van der Waals surface area (Å²) in [5.41, 5.74) is 1.29. The molecule has 5 heteroatoms. The van der Waals surface area contributed by atoms with Crippen molar-refractivity contribution >= 4 is 21.9 Å². The van der Waals surface area contributed by atoms with E-state index in [1.54, 1.807) is 24.3 Å². The van der Waals surface area contributed by atoms with Crippen molar-refractivity contribution in [2.75, 3.05) is 0 Å². The number of fused-ring (bicyclic) bond motifs is 2. The molecule has 0 fully saturated rings. The van der Waals surface area contributed by atoms with Crippen molar-refractivity contribution in [1.82, 2.24) is 0 Å². The summed E-state index contributed by atoms with van der Waals surface area (Å²) in [4.78, 5) is 22.2. The summed E-state index contributed by atoms with van der Waals surface area (Å²) in [7, 11) is 0. The average Bonchev–Trinajstić information content (AvgIpc) is 2.57. The van der Waals surface area contributed by atoms with Gasteiger partial charge in [0.1, 0.15) is 11.2 Å². The quantitative estimate of drug-likeness (QED) is 0.499. The topological polar surface area (TPSA) is 91.9 Å². The molecule has 0 amide bonds. The number of para-hydroxylation sites is 2. The van der Waals surface area contributed by atoms with Gasteiger partial charge in [-0.2, -0.15) is 0 Å². The molecule has 0 atom stereocenters. The summed E-state index contributed by atoms with van der Waals surface area (Å²) in [6.07, 6.45) is 2.81. The number of benzene rings is 2. The van der Waals surface area contributed by atoms with E-state index < -0.39 is 0 Å². The van der Waals surface area contributed by atoms with E-state index >= 15 is 0 Å². The standard InChI is InChI=1S/2C9H6O2.H2O/c2*10-8-5-6-11-9-4-2-1-3-7(8)9;/h2*1-6H;1H2. The molecule has 2 heterocycles. The van der Waals surface area contributed by atoms with Gasteiger partial charge in [0, 0.05) is 12.1 Å². The molecule has 0 aliphatic carbocycles. The molecule has 116 valence electrons. The minimum Gasteiger partial charge on any atom is -0.464 e. The maximum atomic E-state index is 11.1. The van der Waals surface area contributed by atoms with E-state index in [1.807, 2.05) is 24.3 Å². The minimum atomic E-state index is 0. The van der Waals surface area contributed by atoms with Crippen LogP contribution in [0.2, 0.25) is 0 Å². The fraction of sp³-hybridized carbons (Fsp3) is 0. The van der Waals surface area contributed by atoms with Crippen LogP contribution in [0.25, 0.3) is 21.9 Å². The molecule has 0 bridgehead atoms. The fourth-order valence-corrected chi connectivity index (χ4v) is 2.06. The van der Waals surface area contributed by atoms with Crippen molar-refractivity contribution in [3.8, 4) is 0 Å². The molecule has 0 aliphatic rings. The zero-order valence-corrected chi connectivity index (χ0v) is 12.1. The Morgan fingerprint density at radius 3 is 1.35 bits per heavy atom. The monoisotopic (exact) mass is 310 g/mol. The lowest BCUT2D eigenvalue weighted by Crippen LogP contribution is -1.96. The third-order valence-electron chi connectivity index (χ3n) is 3.13. The van der Waals surface area contributed by atoms with E-state index in [0.717, 1.165) is 0 Å². The predicted molar refractivity (Wildman–Crippen MR) is 88.6 cm³/mol. The molecule has 4 aromatic rings. The minimum absolute atomic E-state index is 0. The van der Waals surface area contributed by atoms with Crippen LogP contribution >= 0.6 is 0 Å². The van der Waals surface area contributed by atoms with E-state index in [9.17, 15) is 9.59 Å². The predicted octanol–water partition coefficient (Wildman–Crippen LogP) is 2.76. The van der Waals surface area contributed by atoms with Crippen LogP contribution in [0.3, 0.4) is 0 Å². The number of hydrogen-bond donors (Lipinski definition) is 0. The third kappa shape index (κ3) is 3.53. The Morgan fingerprint density at radius 1 is 0.565 bits per heavy atom. The van der Waals surface area contributed by atoms with Crippen LogP contribution in [0.1, 0.15) is 0 Å². The maximum Gasteiger partial charge on any atom is 0.192 e. The lowest BCUT2D eigenvalue weighted by molar-refractivity contribution is 0.602. The van der Waals surface area contributed by atoms with Gasteiger partial charge in [-0.15, -0.1) is 0 Å². The lowest BCUT2D eigenvalue weighted by Gasteiger charge is -1.91. The molecular formula is C18H14O5. The average molecular weight is 310 g/mol. The maximum absolute atomic E-state index is 11.1. The van der Waals surface area contributed by atoms with Gasteiger partial charge < -0.3 is 14.3 Å². The SMILES string of the molecule is O.O=c1ccoc2ccccc12.O=c1ccoc2ccccc12. The summed E-state index contributed by atoms with van der Waals surface area (Å²) in [6, 6.07) is 17.2. The highest BCUT2D eigenvalue weighted by molar-refractivity contribution is 5.76. The van der Waals surface area contributed by atoms with Crippen LogP contribution < -0.4 is 10.9 Å². The van der Waals surface area contributed by atoms with Crippen molar-refractivity contribution in [2.45, 2.75) is 0 Å². The first-order valence-corrected chi connectivity index (χ1v) is 6.69. The van der Waals surface area contributed by atoms with Crippen LogP contribution in [0, 0.1) is 0 Å². The number of rotatable bonds is 0. The van der Waals surface area contributed by atoms with Crippen LogP contribution in [0.15, 0.2) is 91.6 Å². The van der Waals surface area contributed by atoms with Crippen molar-refractivity contribution < 1.29 is 14.3 Å². The highest BCUT2D eigenvalue weighted by Gasteiger charge is 1.95. The Labute approximate surface area is 130 Å². The largest absolute Gasteiger partial charge is 0.464 e. The second kappa shape index (κ2) is 7.20. The molecule has 0 radical (unpaired) electrons. The molecular weight excluding hydrogens is 296 g/mol. The lowest BCUT2D eigenvalue weighted by atomic mass is 10.2. The smallest absolute Gasteiger partial charge is 0.192 e. The van der Waals surface area contributed by atoms with Crippen molar-refractivity contribution in [3.05, 3.63) is 93.6 Å². The normalized spacial score (nSPS) is 9.74. The zero-order valence-electron chi connectivity index (χ0n) is 12.1. The van der Waals surface area contributed by atoms with Gasteiger partial charge in [-0.1, -0.05) is 24.3 Å². The molecule has 2 aromatic heterocycles. The van der Waals surface area contributed by atoms with E-state index in [2.05, 4.69) is 0 Å². The highest BCUT2D eigenvalue weighted by Crippen LogP contribution is 2.07. The van der Waals surface area contributed by atoms with Gasteiger partial charge in [-0.05, 0) is 24.3 Å². The molecule has 0 aliphatic heterocycles. The van der Waals surface area contributed by atoms with Crippen LogP contribution in [-0.2, 0) is 0 Å². The van der Waals surface area contributed by atoms with Gasteiger partial charge in [0.05, 0.1) is 23.3 Å². The van der Waals surface area contributed by atoms with Crippen molar-refractivity contribution in [1.29, 1.82) is 0 Å². The Hall–Kier alpha value is -3.18. The van der Waals surface area contributed by atoms with Crippen LogP contribution in [0.5, 0.6) is 0 Å². The fourth-order valence-electron chi connectivity index (χ4n) is 2.06. The molecule has 2 aromatic carbocycles. The molecule has 0 spiro atoms. The first-order valence-electron chi connectivity index (χ1n) is 6.69. The Bertz CT molecular complexity index is 934. The van der Waals surface area contributed by atoms with Crippen molar-refractivity contribution in [3.63, 3.8) is 0 Å². The summed E-state index contributed by atoms with van der Waals surface area (Å²) < 4.78 is 10.2. The molecule has 23 heavy (non-hydrogen) atoms. The third-order valence-corrected chi connectivity index (χ3v) is 3.13. The van der Waals surface area contributed by atoms with Gasteiger partial charge >= 0.3 is 0 Å². The Morgan fingerprint density at radius 2 is 0.957 bits per heavy atom. The summed E-state index contributed by atoms with van der Waals surface area (Å²) in [5, 5.41) is 1.27. The highest BCUT2D eigenvalue weighted by atomic mass is 16.3. The number of hydrogen-bond acceptors (Lipinski definition) is 4. The van der Waals surface area contributed by atoms with Gasteiger partial charge in [0.25, 0.3) is 0 Å². The first kappa shape index (κ1) is 16.2. The van der Waals surface area contributed by atoms with E-state index in [0.29, 0.717) is 21.9 Å². The molecule has 0 saturated heterocycles. The van der Waals surface area contributed by atoms with E-state index in [4.69, 9.17) is 8.83 Å². The molecule has 4 rings (SSSR count). The molecule has 0 saturated carbocycles. The van der Waals surface area contributed by atoms with Crippen molar-refractivity contribution in [2.24, 2.45) is 0 Å². The summed E-state index contributed by atoms with van der Waals surface area (Å²) >= 11 is 0. The van der Waals surface area contributed by atoms with Gasteiger partial charge in [0.15, 0.2) is 10.9 Å².